The van der Waals surface area contributed by atoms with Gasteiger partial charge in [0.05, 0.1) is 18.2 Å². The average molecular weight is 333 g/mol. The van der Waals surface area contributed by atoms with Gasteiger partial charge in [0.15, 0.2) is 0 Å². The Morgan fingerprint density at radius 2 is 1.68 bits per heavy atom. The zero-order valence-electron chi connectivity index (χ0n) is 14.5. The van der Waals surface area contributed by atoms with E-state index in [1.807, 2.05) is 32.0 Å². The number of nitrogens with one attached hydrogen (secondary N) is 1. The van der Waals surface area contributed by atoms with Crippen molar-refractivity contribution in [3.63, 3.8) is 0 Å². The third-order valence-electron chi connectivity index (χ3n) is 4.49. The smallest absolute Gasteiger partial charge is 0.319 e. The summed E-state index contributed by atoms with van der Waals surface area (Å²) in [5.41, 5.74) is 3.16. The van der Waals surface area contributed by atoms with E-state index >= 15 is 0 Å². The second-order valence-corrected chi connectivity index (χ2v) is 6.63. The van der Waals surface area contributed by atoms with E-state index in [2.05, 4.69) is 11.4 Å². The molecule has 3 rings (SSSR count). The fourth-order valence-electron chi connectivity index (χ4n) is 3.26. The molecular formula is C20H19N3O2. The highest BCUT2D eigenvalue weighted by Gasteiger charge is 2.48. The third-order valence-corrected chi connectivity index (χ3v) is 4.49. The minimum atomic E-state index is -1.12. The van der Waals surface area contributed by atoms with E-state index in [-0.39, 0.29) is 12.5 Å². The van der Waals surface area contributed by atoms with Gasteiger partial charge in [0, 0.05) is 0 Å². The van der Waals surface area contributed by atoms with Gasteiger partial charge in [0.25, 0.3) is 5.91 Å². The largest absolute Gasteiger partial charge is 0.325 e. The first-order chi connectivity index (χ1) is 11.8. The van der Waals surface area contributed by atoms with Gasteiger partial charge in [-0.3, -0.25) is 9.69 Å². The molecule has 25 heavy (non-hydrogen) atoms. The van der Waals surface area contributed by atoms with Crippen LogP contribution in [0.5, 0.6) is 0 Å². The summed E-state index contributed by atoms with van der Waals surface area (Å²) in [4.78, 5) is 26.6. The van der Waals surface area contributed by atoms with Crippen molar-refractivity contribution in [2.75, 3.05) is 0 Å². The van der Waals surface area contributed by atoms with Crippen LogP contribution in [-0.4, -0.2) is 16.8 Å². The lowest BCUT2D eigenvalue weighted by molar-refractivity contribution is -0.131. The minimum Gasteiger partial charge on any atom is -0.319 e. The molecule has 1 fully saturated rings. The lowest BCUT2D eigenvalue weighted by Gasteiger charge is -2.22. The van der Waals surface area contributed by atoms with Crippen LogP contribution in [0.3, 0.4) is 0 Å². The van der Waals surface area contributed by atoms with Crippen LogP contribution in [0.1, 0.15) is 34.7 Å². The molecular weight excluding hydrogens is 314 g/mol. The number of amides is 3. The summed E-state index contributed by atoms with van der Waals surface area (Å²) >= 11 is 0. The van der Waals surface area contributed by atoms with Crippen molar-refractivity contribution in [2.24, 2.45) is 0 Å². The Balaban J connectivity index is 1.89. The van der Waals surface area contributed by atoms with E-state index in [0.717, 1.165) is 16.7 Å². The Morgan fingerprint density at radius 3 is 2.24 bits per heavy atom. The number of urea groups is 1. The first kappa shape index (κ1) is 16.7. The fraction of sp³-hybridized carbons (Fsp3) is 0.250. The van der Waals surface area contributed by atoms with Crippen molar-refractivity contribution < 1.29 is 9.59 Å². The quantitative estimate of drug-likeness (QED) is 0.877. The van der Waals surface area contributed by atoms with E-state index in [1.165, 1.54) is 4.90 Å². The highest BCUT2D eigenvalue weighted by molar-refractivity contribution is 6.07. The van der Waals surface area contributed by atoms with Crippen molar-refractivity contribution in [2.45, 2.75) is 32.9 Å². The van der Waals surface area contributed by atoms with Gasteiger partial charge in [-0.1, -0.05) is 41.5 Å². The number of aryl methyl sites for hydroxylation is 2. The number of benzene rings is 2. The second kappa shape index (κ2) is 6.06. The number of carbonyl (C=O) groups is 2. The topological polar surface area (TPSA) is 73.2 Å². The van der Waals surface area contributed by atoms with Crippen molar-refractivity contribution in [3.8, 4) is 6.07 Å². The summed E-state index contributed by atoms with van der Waals surface area (Å²) in [6, 6.07) is 14.3. The number of nitriles is 1. The van der Waals surface area contributed by atoms with Crippen LogP contribution in [0.15, 0.2) is 42.5 Å². The van der Waals surface area contributed by atoms with E-state index in [1.54, 1.807) is 31.2 Å². The molecule has 0 aromatic heterocycles. The molecule has 2 aromatic rings. The van der Waals surface area contributed by atoms with Crippen LogP contribution in [-0.2, 0) is 16.9 Å². The molecule has 5 heteroatoms. The van der Waals surface area contributed by atoms with Crippen LogP contribution in [0.2, 0.25) is 0 Å². The van der Waals surface area contributed by atoms with E-state index < -0.39 is 11.6 Å². The Hall–Kier alpha value is -3.13. The van der Waals surface area contributed by atoms with Crippen molar-refractivity contribution in [1.29, 1.82) is 5.26 Å². The number of carbonyl (C=O) groups excluding carboxylic acids is 2. The van der Waals surface area contributed by atoms with Gasteiger partial charge < -0.3 is 5.32 Å². The number of hydrogen-bond donors (Lipinski definition) is 1. The zero-order valence-corrected chi connectivity index (χ0v) is 14.5. The van der Waals surface area contributed by atoms with Crippen LogP contribution in [0.4, 0.5) is 4.79 Å². The third kappa shape index (κ3) is 2.99. The number of rotatable bonds is 3. The first-order valence-electron chi connectivity index (χ1n) is 8.05. The average Bonchev–Trinajstić information content (AvgIpc) is 2.78. The molecule has 0 spiro atoms. The molecule has 3 amide bonds. The van der Waals surface area contributed by atoms with Gasteiger partial charge in [-0.25, -0.2) is 4.79 Å². The maximum atomic E-state index is 12.9. The normalized spacial score (nSPS) is 19.7. The Labute approximate surface area is 146 Å². The lowest BCUT2D eigenvalue weighted by atomic mass is 9.91. The molecule has 0 bridgehead atoms. The monoisotopic (exact) mass is 333 g/mol. The minimum absolute atomic E-state index is 0.235. The molecule has 1 heterocycles. The molecule has 1 N–H and O–H groups in total. The Morgan fingerprint density at radius 1 is 1.08 bits per heavy atom. The second-order valence-electron chi connectivity index (χ2n) is 6.63. The van der Waals surface area contributed by atoms with Gasteiger partial charge in [0.1, 0.15) is 5.54 Å². The van der Waals surface area contributed by atoms with Crippen molar-refractivity contribution >= 4 is 11.9 Å². The predicted molar refractivity (Wildman–Crippen MR) is 93.5 cm³/mol. The zero-order chi connectivity index (χ0) is 18.2. The molecule has 2 aromatic carbocycles. The molecule has 1 saturated heterocycles. The Bertz CT molecular complexity index is 876. The van der Waals surface area contributed by atoms with E-state index in [4.69, 9.17) is 5.26 Å². The van der Waals surface area contributed by atoms with Gasteiger partial charge in [-0.05, 0) is 44.0 Å². The molecule has 1 unspecified atom stereocenters. The van der Waals surface area contributed by atoms with Crippen LogP contribution >= 0.6 is 0 Å². The van der Waals surface area contributed by atoms with Crippen LogP contribution in [0, 0.1) is 25.2 Å². The van der Waals surface area contributed by atoms with Crippen molar-refractivity contribution in [1.82, 2.24) is 10.2 Å². The molecule has 0 saturated carbocycles. The molecule has 0 radical (unpaired) electrons. The van der Waals surface area contributed by atoms with Crippen LogP contribution in [0.25, 0.3) is 0 Å². The van der Waals surface area contributed by atoms with E-state index in [0.29, 0.717) is 11.1 Å². The molecule has 5 nitrogen and oxygen atoms in total. The summed E-state index contributed by atoms with van der Waals surface area (Å²) in [5, 5.41) is 11.7. The van der Waals surface area contributed by atoms with Crippen molar-refractivity contribution in [3.05, 3.63) is 70.3 Å². The summed E-state index contributed by atoms with van der Waals surface area (Å²) < 4.78 is 0. The van der Waals surface area contributed by atoms with Gasteiger partial charge in [0.2, 0.25) is 0 Å². The lowest BCUT2D eigenvalue weighted by Crippen LogP contribution is -2.40. The fourth-order valence-corrected chi connectivity index (χ4v) is 3.26. The number of hydrogen-bond acceptors (Lipinski definition) is 3. The molecule has 126 valence electrons. The molecule has 1 atom stereocenters. The molecule has 1 aliphatic heterocycles. The highest BCUT2D eigenvalue weighted by atomic mass is 16.2. The summed E-state index contributed by atoms with van der Waals surface area (Å²) in [6.07, 6.45) is 0. The predicted octanol–water partition coefficient (Wildman–Crippen LogP) is 3.14. The Kier molecular flexibility index (Phi) is 4.05. The molecule has 1 aliphatic rings. The van der Waals surface area contributed by atoms with Gasteiger partial charge in [-0.15, -0.1) is 0 Å². The maximum absolute atomic E-state index is 12.9. The van der Waals surface area contributed by atoms with Gasteiger partial charge >= 0.3 is 6.03 Å². The van der Waals surface area contributed by atoms with E-state index in [9.17, 15) is 9.59 Å². The summed E-state index contributed by atoms with van der Waals surface area (Å²) in [5.74, 6) is -0.290. The maximum Gasteiger partial charge on any atom is 0.325 e. The number of imide groups is 1. The van der Waals surface area contributed by atoms with Gasteiger partial charge in [-0.2, -0.15) is 5.26 Å². The molecule has 0 aliphatic carbocycles. The first-order valence-corrected chi connectivity index (χ1v) is 8.05. The summed E-state index contributed by atoms with van der Waals surface area (Å²) in [6.45, 7) is 5.90. The standard InChI is InChI=1S/C20H19N3O2/c1-13-8-14(2)10-16(9-13)12-23-18(24)20(3,22-19(23)25)17-6-4-15(11-21)5-7-17/h4-10H,12H2,1-3H3,(H,22,25). The number of nitrogens with zero attached hydrogens (tertiary/aromatic N) is 2. The SMILES string of the molecule is Cc1cc(C)cc(CN2C(=O)NC(C)(c3ccc(C#N)cc3)C2=O)c1. The van der Waals surface area contributed by atoms with Crippen LogP contribution < -0.4 is 5.32 Å². The highest BCUT2D eigenvalue weighted by Crippen LogP contribution is 2.30. The summed E-state index contributed by atoms with van der Waals surface area (Å²) in [7, 11) is 0.